The maximum Gasteiger partial charge on any atom is 0.417 e. The van der Waals surface area contributed by atoms with Crippen LogP contribution >= 0.6 is 47.2 Å². The van der Waals surface area contributed by atoms with E-state index in [2.05, 4.69) is 5.32 Å². The van der Waals surface area contributed by atoms with Gasteiger partial charge in [-0.2, -0.15) is 26.3 Å². The van der Waals surface area contributed by atoms with E-state index in [-0.39, 0.29) is 51.7 Å². The Morgan fingerprint density at radius 1 is 1.03 bits per heavy atom. The second kappa shape index (κ2) is 12.4. The van der Waals surface area contributed by atoms with Crippen LogP contribution in [-0.4, -0.2) is 25.2 Å². The monoisotopic (exact) mass is 568 g/mol. The Kier molecular flexibility index (Phi) is 11.0. The number of allylic oxidation sites excluding steroid dienone is 1. The molecule has 0 aliphatic rings. The zero-order valence-corrected chi connectivity index (χ0v) is 20.1. The molecular formula is C21H18Cl4F6N2O. The number of rotatable bonds is 7. The predicted molar refractivity (Wildman–Crippen MR) is 124 cm³/mol. The van der Waals surface area contributed by atoms with Gasteiger partial charge in [0.1, 0.15) is 0 Å². The van der Waals surface area contributed by atoms with Crippen molar-refractivity contribution in [1.82, 2.24) is 5.32 Å². The van der Waals surface area contributed by atoms with Crippen LogP contribution < -0.4 is 11.1 Å². The Balaban J connectivity index is 0.00000578. The van der Waals surface area contributed by atoms with Crippen molar-refractivity contribution >= 4 is 59.2 Å². The molecule has 0 radical (unpaired) electrons. The van der Waals surface area contributed by atoms with E-state index in [0.29, 0.717) is 18.6 Å². The van der Waals surface area contributed by atoms with Gasteiger partial charge in [0, 0.05) is 6.54 Å². The molecule has 0 bridgehead atoms. The minimum absolute atomic E-state index is 0. The van der Waals surface area contributed by atoms with Crippen LogP contribution in [0.1, 0.15) is 39.4 Å². The summed E-state index contributed by atoms with van der Waals surface area (Å²) in [5.41, 5.74) is 2.82. The molecule has 0 heterocycles. The first-order valence-corrected chi connectivity index (χ1v) is 10.5. The van der Waals surface area contributed by atoms with E-state index in [0.717, 1.165) is 30.3 Å². The molecule has 34 heavy (non-hydrogen) atoms. The fourth-order valence-corrected chi connectivity index (χ4v) is 3.48. The molecule has 2 rings (SSSR count). The molecule has 0 aliphatic heterocycles. The van der Waals surface area contributed by atoms with Crippen LogP contribution in [-0.2, 0) is 6.18 Å². The molecule has 0 aromatic heterocycles. The summed E-state index contributed by atoms with van der Waals surface area (Å²) in [5.74, 6) is -3.19. The van der Waals surface area contributed by atoms with Gasteiger partial charge in [-0.25, -0.2) is 0 Å². The van der Waals surface area contributed by atoms with E-state index in [1.54, 1.807) is 0 Å². The Morgan fingerprint density at radius 3 is 2.12 bits per heavy atom. The Morgan fingerprint density at radius 2 is 1.62 bits per heavy atom. The number of alkyl halides is 6. The maximum absolute atomic E-state index is 13.6. The number of hydrogen-bond acceptors (Lipinski definition) is 2. The predicted octanol–water partition coefficient (Wildman–Crippen LogP) is 7.53. The Hall–Kier alpha value is -1.65. The molecule has 3 N–H and O–H groups in total. The molecule has 0 fully saturated rings. The lowest BCUT2D eigenvalue weighted by molar-refractivity contribution is -0.139. The van der Waals surface area contributed by atoms with Crippen molar-refractivity contribution in [3.63, 3.8) is 0 Å². The van der Waals surface area contributed by atoms with Crippen molar-refractivity contribution in [3.8, 4) is 0 Å². The number of carbonyl (C=O) groups excluding carboxylic acids is 1. The maximum atomic E-state index is 13.6. The Bertz CT molecular complexity index is 1020. The highest BCUT2D eigenvalue weighted by atomic mass is 35.5. The van der Waals surface area contributed by atoms with Gasteiger partial charge in [0.25, 0.3) is 5.91 Å². The molecule has 3 nitrogen and oxygen atoms in total. The van der Waals surface area contributed by atoms with Crippen LogP contribution in [0.15, 0.2) is 36.4 Å². The molecular weight excluding hydrogens is 552 g/mol. The van der Waals surface area contributed by atoms with E-state index in [4.69, 9.17) is 40.5 Å². The van der Waals surface area contributed by atoms with E-state index in [1.165, 1.54) is 0 Å². The molecule has 2 aromatic rings. The van der Waals surface area contributed by atoms with E-state index < -0.39 is 35.3 Å². The Labute approximate surface area is 212 Å². The van der Waals surface area contributed by atoms with Crippen LogP contribution in [0, 0.1) is 0 Å². The number of benzene rings is 2. The summed E-state index contributed by atoms with van der Waals surface area (Å²) in [6.45, 7) is 0.314. The van der Waals surface area contributed by atoms with E-state index >= 15 is 0 Å². The number of nitrogens with one attached hydrogen (secondary N) is 1. The third-order valence-corrected chi connectivity index (χ3v) is 5.66. The second-order valence-electron chi connectivity index (χ2n) is 6.88. The first-order valence-electron chi connectivity index (χ1n) is 9.34. The van der Waals surface area contributed by atoms with Crippen molar-refractivity contribution in [2.24, 2.45) is 5.73 Å². The van der Waals surface area contributed by atoms with Gasteiger partial charge >= 0.3 is 12.4 Å². The third kappa shape index (κ3) is 7.95. The summed E-state index contributed by atoms with van der Waals surface area (Å²) in [5, 5.41) is 1.79. The quantitative estimate of drug-likeness (QED) is 0.206. The van der Waals surface area contributed by atoms with Gasteiger partial charge in [-0.15, -0.1) is 12.4 Å². The number of carbonyl (C=O) groups is 1. The molecule has 0 spiro atoms. The summed E-state index contributed by atoms with van der Waals surface area (Å²) < 4.78 is 81.5. The standard InChI is InChI=1S/C21H17Cl3F6N2O.ClH/c22-16-9-12(10-17(23)18(16)24)14(20(25,26)27)5-3-11-2-4-13(15(8-11)21(28,29)30)19(33)32-7-1-6-31;/h2-5,8-10,14H,1,6-7,31H2,(H,32,33);1H/b5-3+;/t14-;/m1./s1. The molecule has 1 atom stereocenters. The molecule has 0 unspecified atom stereocenters. The number of halogens is 10. The fraction of sp³-hybridized carbons (Fsp3) is 0.286. The minimum Gasteiger partial charge on any atom is -0.352 e. The normalized spacial score (nSPS) is 13.0. The number of nitrogens with two attached hydrogens (primary N) is 1. The highest BCUT2D eigenvalue weighted by Crippen LogP contribution is 2.41. The second-order valence-corrected chi connectivity index (χ2v) is 8.07. The van der Waals surface area contributed by atoms with Crippen LogP contribution in [0.4, 0.5) is 26.3 Å². The lowest BCUT2D eigenvalue weighted by atomic mass is 9.96. The fourth-order valence-electron chi connectivity index (χ4n) is 2.87. The molecule has 2 aromatic carbocycles. The summed E-state index contributed by atoms with van der Waals surface area (Å²) >= 11 is 17.4. The average molecular weight is 570 g/mol. The number of hydrogen-bond donors (Lipinski definition) is 2. The van der Waals surface area contributed by atoms with Crippen LogP contribution in [0.5, 0.6) is 0 Å². The highest BCUT2D eigenvalue weighted by Gasteiger charge is 2.40. The summed E-state index contributed by atoms with van der Waals surface area (Å²) in [6.07, 6.45) is -7.80. The SMILES string of the molecule is Cl.NCCCNC(=O)c1ccc(/C=C/[C@H](c2cc(Cl)c(Cl)c(Cl)c2)C(F)(F)F)cc1C(F)(F)F. The van der Waals surface area contributed by atoms with Crippen LogP contribution in [0.25, 0.3) is 6.08 Å². The van der Waals surface area contributed by atoms with Gasteiger partial charge in [0.15, 0.2) is 0 Å². The largest absolute Gasteiger partial charge is 0.417 e. The summed E-state index contributed by atoms with van der Waals surface area (Å²) in [7, 11) is 0. The molecule has 0 saturated heterocycles. The molecule has 13 heteroatoms. The molecule has 188 valence electrons. The van der Waals surface area contributed by atoms with Crippen molar-refractivity contribution < 1.29 is 31.1 Å². The zero-order chi connectivity index (χ0) is 25.0. The van der Waals surface area contributed by atoms with Gasteiger partial charge < -0.3 is 11.1 Å². The third-order valence-electron chi connectivity index (χ3n) is 4.46. The van der Waals surface area contributed by atoms with Crippen molar-refractivity contribution in [1.29, 1.82) is 0 Å². The number of amides is 1. The summed E-state index contributed by atoms with van der Waals surface area (Å²) in [6, 6.07) is 4.57. The highest BCUT2D eigenvalue weighted by molar-refractivity contribution is 6.48. The molecule has 1 amide bonds. The average Bonchev–Trinajstić information content (AvgIpc) is 2.70. The van der Waals surface area contributed by atoms with Crippen molar-refractivity contribution in [2.75, 3.05) is 13.1 Å². The zero-order valence-electron chi connectivity index (χ0n) is 17.0. The molecule has 0 aliphatic carbocycles. The first-order chi connectivity index (χ1) is 15.3. The van der Waals surface area contributed by atoms with Gasteiger partial charge in [-0.3, -0.25) is 4.79 Å². The van der Waals surface area contributed by atoms with Gasteiger partial charge in [-0.1, -0.05) is 53.0 Å². The summed E-state index contributed by atoms with van der Waals surface area (Å²) in [4.78, 5) is 12.1. The topological polar surface area (TPSA) is 55.1 Å². The van der Waals surface area contributed by atoms with Crippen LogP contribution in [0.3, 0.4) is 0 Å². The van der Waals surface area contributed by atoms with E-state index in [1.807, 2.05) is 0 Å². The van der Waals surface area contributed by atoms with Crippen molar-refractivity contribution in [3.05, 3.63) is 73.7 Å². The van der Waals surface area contributed by atoms with Crippen LogP contribution in [0.2, 0.25) is 15.1 Å². The van der Waals surface area contributed by atoms with E-state index in [9.17, 15) is 31.1 Å². The van der Waals surface area contributed by atoms with Gasteiger partial charge in [-0.05, 0) is 48.4 Å². The lowest BCUT2D eigenvalue weighted by Gasteiger charge is -2.19. The van der Waals surface area contributed by atoms with Gasteiger partial charge in [0.2, 0.25) is 0 Å². The van der Waals surface area contributed by atoms with Gasteiger partial charge in [0.05, 0.1) is 32.1 Å². The minimum atomic E-state index is -4.91. The first kappa shape index (κ1) is 30.4. The lowest BCUT2D eigenvalue weighted by Crippen LogP contribution is -2.28. The molecule has 0 saturated carbocycles. The van der Waals surface area contributed by atoms with Crippen molar-refractivity contribution in [2.45, 2.75) is 24.7 Å². The smallest absolute Gasteiger partial charge is 0.352 e.